The monoisotopic (exact) mass is 364 g/mol. The Hall–Kier alpha value is -3.55. The second-order valence-corrected chi connectivity index (χ2v) is 6.44. The summed E-state index contributed by atoms with van der Waals surface area (Å²) >= 11 is 0. The number of carbonyl (C=O) groups is 2. The van der Waals surface area contributed by atoms with Gasteiger partial charge in [-0.3, -0.25) is 24.4 Å². The van der Waals surface area contributed by atoms with Gasteiger partial charge in [0.2, 0.25) is 0 Å². The first-order valence-corrected chi connectivity index (χ1v) is 8.49. The van der Waals surface area contributed by atoms with Gasteiger partial charge in [-0.25, -0.2) is 4.90 Å². The molecule has 2 aromatic carbocycles. The molecule has 8 nitrogen and oxygen atoms in total. The lowest BCUT2D eigenvalue weighted by atomic mass is 9.93. The quantitative estimate of drug-likeness (QED) is 0.403. The SMILES string of the molecule is CCn1nc(C)c(N2C(=O)c3cccc4cc([N+](=O)[O-])cc(c34)C2=O)c1C. The molecule has 0 saturated heterocycles. The first-order valence-electron chi connectivity index (χ1n) is 8.49. The number of nitro benzene ring substituents is 1. The number of benzene rings is 2. The Morgan fingerprint density at radius 2 is 1.81 bits per heavy atom. The third-order valence-corrected chi connectivity index (χ3v) is 4.91. The van der Waals surface area contributed by atoms with Crippen LogP contribution in [0, 0.1) is 24.0 Å². The molecule has 2 amide bonds. The zero-order valence-corrected chi connectivity index (χ0v) is 15.0. The third kappa shape index (κ3) is 2.26. The van der Waals surface area contributed by atoms with Crippen molar-refractivity contribution < 1.29 is 14.5 Å². The molecule has 0 bridgehead atoms. The van der Waals surface area contributed by atoms with Crippen LogP contribution in [0.5, 0.6) is 0 Å². The van der Waals surface area contributed by atoms with Crippen LogP contribution in [0.1, 0.15) is 39.0 Å². The highest BCUT2D eigenvalue weighted by Crippen LogP contribution is 2.37. The average molecular weight is 364 g/mol. The summed E-state index contributed by atoms with van der Waals surface area (Å²) in [6, 6.07) is 7.57. The number of anilines is 1. The fourth-order valence-electron chi connectivity index (χ4n) is 3.72. The van der Waals surface area contributed by atoms with Crippen LogP contribution in [-0.2, 0) is 6.54 Å². The number of aromatic nitrogens is 2. The summed E-state index contributed by atoms with van der Waals surface area (Å²) in [5, 5.41) is 16.6. The fourth-order valence-corrected chi connectivity index (χ4v) is 3.72. The predicted octanol–water partition coefficient (Wildman–Crippen LogP) is 3.38. The van der Waals surface area contributed by atoms with E-state index >= 15 is 0 Å². The zero-order valence-electron chi connectivity index (χ0n) is 15.0. The lowest BCUT2D eigenvalue weighted by molar-refractivity contribution is -0.384. The van der Waals surface area contributed by atoms with Crippen LogP contribution in [0.4, 0.5) is 11.4 Å². The van der Waals surface area contributed by atoms with Crippen molar-refractivity contribution in [1.82, 2.24) is 9.78 Å². The van der Waals surface area contributed by atoms with Crippen LogP contribution in [0.15, 0.2) is 30.3 Å². The minimum Gasteiger partial charge on any atom is -0.268 e. The Balaban J connectivity index is 2.02. The third-order valence-electron chi connectivity index (χ3n) is 4.91. The summed E-state index contributed by atoms with van der Waals surface area (Å²) in [6.07, 6.45) is 0. The molecule has 0 aliphatic carbocycles. The summed E-state index contributed by atoms with van der Waals surface area (Å²) in [4.78, 5) is 38.2. The van der Waals surface area contributed by atoms with Crippen molar-refractivity contribution in [3.05, 3.63) is 63.0 Å². The van der Waals surface area contributed by atoms with Gasteiger partial charge in [0.1, 0.15) is 0 Å². The van der Waals surface area contributed by atoms with Crippen LogP contribution in [0.25, 0.3) is 10.8 Å². The van der Waals surface area contributed by atoms with E-state index in [0.29, 0.717) is 40.0 Å². The van der Waals surface area contributed by atoms with E-state index in [-0.39, 0.29) is 11.3 Å². The van der Waals surface area contributed by atoms with Gasteiger partial charge in [0, 0.05) is 29.6 Å². The van der Waals surface area contributed by atoms with E-state index in [9.17, 15) is 19.7 Å². The molecule has 136 valence electrons. The van der Waals surface area contributed by atoms with Crippen molar-refractivity contribution in [3.63, 3.8) is 0 Å². The summed E-state index contributed by atoms with van der Waals surface area (Å²) < 4.78 is 1.72. The maximum absolute atomic E-state index is 13.2. The molecule has 0 N–H and O–H groups in total. The molecular formula is C19H16N4O4. The number of aryl methyl sites for hydroxylation is 2. The minimum absolute atomic E-state index is 0.150. The van der Waals surface area contributed by atoms with Crippen molar-refractivity contribution in [2.24, 2.45) is 0 Å². The molecule has 0 unspecified atom stereocenters. The first-order chi connectivity index (χ1) is 12.8. The maximum Gasteiger partial charge on any atom is 0.270 e. The van der Waals surface area contributed by atoms with Crippen LogP contribution >= 0.6 is 0 Å². The molecule has 8 heteroatoms. The van der Waals surface area contributed by atoms with E-state index in [0.717, 1.165) is 4.90 Å². The number of amides is 2. The van der Waals surface area contributed by atoms with Gasteiger partial charge in [-0.15, -0.1) is 0 Å². The lowest BCUT2D eigenvalue weighted by Gasteiger charge is -2.27. The van der Waals surface area contributed by atoms with E-state index < -0.39 is 16.7 Å². The summed E-state index contributed by atoms with van der Waals surface area (Å²) in [5.74, 6) is -1.02. The van der Waals surface area contributed by atoms with E-state index in [1.807, 2.05) is 6.92 Å². The summed E-state index contributed by atoms with van der Waals surface area (Å²) in [7, 11) is 0. The normalized spacial score (nSPS) is 13.5. The number of rotatable bonds is 3. The Morgan fingerprint density at radius 3 is 2.44 bits per heavy atom. The smallest absolute Gasteiger partial charge is 0.268 e. The average Bonchev–Trinajstić information content (AvgIpc) is 2.93. The number of nitro groups is 1. The fraction of sp³-hybridized carbons (Fsp3) is 0.211. The van der Waals surface area contributed by atoms with Crippen molar-refractivity contribution >= 4 is 34.0 Å². The van der Waals surface area contributed by atoms with Gasteiger partial charge < -0.3 is 0 Å². The van der Waals surface area contributed by atoms with Gasteiger partial charge in [0.15, 0.2) is 0 Å². The lowest BCUT2D eigenvalue weighted by Crippen LogP contribution is -2.41. The molecule has 4 rings (SSSR count). The maximum atomic E-state index is 13.2. The predicted molar refractivity (Wildman–Crippen MR) is 99.1 cm³/mol. The highest BCUT2D eigenvalue weighted by Gasteiger charge is 2.37. The first kappa shape index (κ1) is 16.9. The van der Waals surface area contributed by atoms with E-state index in [2.05, 4.69) is 5.10 Å². The molecule has 0 radical (unpaired) electrons. The van der Waals surface area contributed by atoms with Gasteiger partial charge in [-0.2, -0.15) is 5.10 Å². The summed E-state index contributed by atoms with van der Waals surface area (Å²) in [6.45, 7) is 6.05. The number of non-ortho nitro benzene ring substituents is 1. The Kier molecular flexibility index (Phi) is 3.59. The molecule has 0 spiro atoms. The Morgan fingerprint density at radius 1 is 1.11 bits per heavy atom. The van der Waals surface area contributed by atoms with Gasteiger partial charge in [-0.05, 0) is 32.2 Å². The molecule has 2 heterocycles. The highest BCUT2D eigenvalue weighted by molar-refractivity contribution is 6.36. The zero-order chi connectivity index (χ0) is 19.5. The molecule has 1 aliphatic heterocycles. The van der Waals surface area contributed by atoms with Gasteiger partial charge >= 0.3 is 0 Å². The van der Waals surface area contributed by atoms with Crippen LogP contribution < -0.4 is 4.90 Å². The second kappa shape index (κ2) is 5.73. The van der Waals surface area contributed by atoms with Crippen molar-refractivity contribution in [2.45, 2.75) is 27.3 Å². The van der Waals surface area contributed by atoms with Crippen LogP contribution in [-0.4, -0.2) is 26.5 Å². The van der Waals surface area contributed by atoms with E-state index in [1.165, 1.54) is 12.1 Å². The molecule has 27 heavy (non-hydrogen) atoms. The molecule has 1 aromatic heterocycles. The Labute approximate surface area is 154 Å². The van der Waals surface area contributed by atoms with Gasteiger partial charge in [0.25, 0.3) is 17.5 Å². The van der Waals surface area contributed by atoms with Crippen LogP contribution in [0.2, 0.25) is 0 Å². The molecule has 3 aromatic rings. The standard InChI is InChI=1S/C19H16N4O4/c1-4-21-11(3)17(10(2)20-21)22-18(24)14-7-5-6-12-8-13(23(26)27)9-15(16(12)14)19(22)25/h5-9H,4H2,1-3H3. The number of carbonyl (C=O) groups excluding carboxylic acids is 2. The molecule has 0 fully saturated rings. The Bertz CT molecular complexity index is 1160. The van der Waals surface area contributed by atoms with Crippen molar-refractivity contribution in [2.75, 3.05) is 4.90 Å². The molecule has 0 atom stereocenters. The van der Waals surface area contributed by atoms with Gasteiger partial charge in [-0.1, -0.05) is 12.1 Å². The van der Waals surface area contributed by atoms with E-state index in [4.69, 9.17) is 0 Å². The van der Waals surface area contributed by atoms with Crippen LogP contribution in [0.3, 0.4) is 0 Å². The van der Waals surface area contributed by atoms with Gasteiger partial charge in [0.05, 0.1) is 27.6 Å². The van der Waals surface area contributed by atoms with Crippen molar-refractivity contribution in [1.29, 1.82) is 0 Å². The number of imide groups is 1. The number of hydrogen-bond acceptors (Lipinski definition) is 5. The second-order valence-electron chi connectivity index (χ2n) is 6.44. The topological polar surface area (TPSA) is 98.3 Å². The van der Waals surface area contributed by atoms with E-state index in [1.54, 1.807) is 36.7 Å². The minimum atomic E-state index is -0.575. The van der Waals surface area contributed by atoms with Crippen molar-refractivity contribution in [3.8, 4) is 0 Å². The number of nitrogens with zero attached hydrogens (tertiary/aromatic N) is 4. The highest BCUT2D eigenvalue weighted by atomic mass is 16.6. The largest absolute Gasteiger partial charge is 0.270 e. The molecule has 0 saturated carbocycles. The molecule has 1 aliphatic rings. The molecular weight excluding hydrogens is 348 g/mol. The summed E-state index contributed by atoms with van der Waals surface area (Å²) in [5.41, 5.74) is 1.99. The number of hydrogen-bond donors (Lipinski definition) is 0.